The average molecular weight is 539 g/mol. The van der Waals surface area contributed by atoms with Gasteiger partial charge in [-0.3, -0.25) is 4.79 Å². The van der Waals surface area contributed by atoms with E-state index >= 15 is 0 Å². The van der Waals surface area contributed by atoms with Crippen molar-refractivity contribution >= 4 is 44.2 Å². The zero-order chi connectivity index (χ0) is 26.5. The molecule has 1 atom stereocenters. The van der Waals surface area contributed by atoms with Gasteiger partial charge in [-0.15, -0.1) is 11.3 Å². The van der Waals surface area contributed by atoms with Gasteiger partial charge in [0.05, 0.1) is 29.8 Å². The fraction of sp³-hybridized carbons (Fsp3) is 0.458. The number of carbonyl (C=O) groups excluding carboxylic acids is 3. The van der Waals surface area contributed by atoms with E-state index in [-0.39, 0.29) is 51.8 Å². The number of nitrogens with zero attached hydrogens (tertiary/aromatic N) is 1. The number of benzene rings is 1. The minimum Gasteiger partial charge on any atom is -0.462 e. The molecule has 1 fully saturated rings. The van der Waals surface area contributed by atoms with E-state index < -0.39 is 27.9 Å². The largest absolute Gasteiger partial charge is 0.462 e. The molecule has 0 saturated carbocycles. The van der Waals surface area contributed by atoms with Gasteiger partial charge in [0.2, 0.25) is 10.0 Å². The van der Waals surface area contributed by atoms with E-state index in [1.54, 1.807) is 20.8 Å². The number of amides is 1. The molecule has 10 nitrogen and oxygen atoms in total. The van der Waals surface area contributed by atoms with E-state index in [1.165, 1.54) is 35.6 Å². The molecule has 0 bridgehead atoms. The van der Waals surface area contributed by atoms with Crippen LogP contribution in [0.3, 0.4) is 0 Å². The number of carbonyl (C=O) groups is 3. The number of ether oxygens (including phenoxy) is 3. The molecular formula is C24H30N2O8S2. The van der Waals surface area contributed by atoms with Gasteiger partial charge in [-0.1, -0.05) is 0 Å². The molecule has 1 aromatic heterocycles. The number of esters is 2. The zero-order valence-corrected chi connectivity index (χ0v) is 22.3. The maximum Gasteiger partial charge on any atom is 0.348 e. The van der Waals surface area contributed by atoms with Crippen molar-refractivity contribution < 1.29 is 37.0 Å². The molecule has 1 aliphatic heterocycles. The van der Waals surface area contributed by atoms with E-state index in [0.717, 1.165) is 24.2 Å². The Balaban J connectivity index is 1.81. The highest BCUT2D eigenvalue weighted by atomic mass is 32.2. The lowest BCUT2D eigenvalue weighted by molar-refractivity contribution is 0.0527. The van der Waals surface area contributed by atoms with Crippen LogP contribution in [0.25, 0.3) is 0 Å². The zero-order valence-electron chi connectivity index (χ0n) is 20.7. The number of anilines is 1. The normalized spacial score (nSPS) is 15.6. The van der Waals surface area contributed by atoms with Gasteiger partial charge in [0.1, 0.15) is 9.88 Å². The monoisotopic (exact) mass is 538 g/mol. The number of thiophene rings is 1. The van der Waals surface area contributed by atoms with Crippen LogP contribution in [0.2, 0.25) is 0 Å². The maximum atomic E-state index is 12.9. The Bertz CT molecular complexity index is 1220. The highest BCUT2D eigenvalue weighted by Gasteiger charge is 2.29. The van der Waals surface area contributed by atoms with Crippen molar-refractivity contribution in [3.05, 3.63) is 45.8 Å². The molecule has 1 unspecified atom stereocenters. The Kier molecular flexibility index (Phi) is 9.23. The van der Waals surface area contributed by atoms with Crippen LogP contribution in [0.5, 0.6) is 0 Å². The summed E-state index contributed by atoms with van der Waals surface area (Å²) in [6.45, 7) is 6.06. The molecule has 2 aromatic rings. The predicted molar refractivity (Wildman–Crippen MR) is 134 cm³/mol. The number of hydrogen-bond donors (Lipinski definition) is 1. The summed E-state index contributed by atoms with van der Waals surface area (Å²) >= 11 is 0.916. The SMILES string of the molecule is CCOC(=O)c1sc(NC(=O)c2ccc(S(=O)(=O)N(C)CC3CCCO3)cc2)c(C(=O)OCC)c1C. The summed E-state index contributed by atoms with van der Waals surface area (Å²) in [6, 6.07) is 5.48. The maximum absolute atomic E-state index is 12.9. The van der Waals surface area contributed by atoms with Crippen molar-refractivity contribution in [2.24, 2.45) is 0 Å². The van der Waals surface area contributed by atoms with Crippen LogP contribution in [0.4, 0.5) is 5.00 Å². The topological polar surface area (TPSA) is 128 Å². The van der Waals surface area contributed by atoms with Gasteiger partial charge in [0, 0.05) is 25.8 Å². The smallest absolute Gasteiger partial charge is 0.348 e. The summed E-state index contributed by atoms with van der Waals surface area (Å²) in [6.07, 6.45) is 1.59. The molecule has 0 radical (unpaired) electrons. The first-order chi connectivity index (χ1) is 17.1. The number of hydrogen-bond acceptors (Lipinski definition) is 9. The van der Waals surface area contributed by atoms with Gasteiger partial charge in [-0.05, 0) is 63.4 Å². The second kappa shape index (κ2) is 12.0. The lowest BCUT2D eigenvalue weighted by Crippen LogP contribution is -2.34. The second-order valence-corrected chi connectivity index (χ2v) is 11.2. The first-order valence-corrected chi connectivity index (χ1v) is 13.8. The fourth-order valence-electron chi connectivity index (χ4n) is 3.75. The molecule has 36 heavy (non-hydrogen) atoms. The lowest BCUT2D eigenvalue weighted by atomic mass is 10.1. The van der Waals surface area contributed by atoms with Gasteiger partial charge >= 0.3 is 11.9 Å². The summed E-state index contributed by atoms with van der Waals surface area (Å²) in [4.78, 5) is 38.0. The molecule has 1 amide bonds. The van der Waals surface area contributed by atoms with Crippen molar-refractivity contribution in [3.8, 4) is 0 Å². The molecule has 12 heteroatoms. The lowest BCUT2D eigenvalue weighted by Gasteiger charge is -2.20. The van der Waals surface area contributed by atoms with Crippen molar-refractivity contribution in [2.75, 3.05) is 38.7 Å². The van der Waals surface area contributed by atoms with E-state index in [9.17, 15) is 22.8 Å². The van der Waals surface area contributed by atoms with E-state index in [4.69, 9.17) is 14.2 Å². The van der Waals surface area contributed by atoms with Crippen LogP contribution in [0.15, 0.2) is 29.2 Å². The van der Waals surface area contributed by atoms with Crippen molar-refractivity contribution in [1.29, 1.82) is 0 Å². The Hall–Kier alpha value is -2.80. The van der Waals surface area contributed by atoms with Gasteiger partial charge in [0.15, 0.2) is 0 Å². The van der Waals surface area contributed by atoms with E-state index in [0.29, 0.717) is 12.2 Å². The van der Waals surface area contributed by atoms with Crippen LogP contribution in [-0.2, 0) is 24.2 Å². The molecule has 0 spiro atoms. The van der Waals surface area contributed by atoms with Crippen molar-refractivity contribution in [2.45, 2.75) is 44.6 Å². The molecule has 1 N–H and O–H groups in total. The molecule has 2 heterocycles. The summed E-state index contributed by atoms with van der Waals surface area (Å²) in [5.74, 6) is -1.85. The van der Waals surface area contributed by atoms with Gasteiger partial charge in [0.25, 0.3) is 5.91 Å². The molecular weight excluding hydrogens is 508 g/mol. The summed E-state index contributed by atoms with van der Waals surface area (Å²) in [7, 11) is -2.26. The van der Waals surface area contributed by atoms with Gasteiger partial charge in [-0.25, -0.2) is 18.0 Å². The predicted octanol–water partition coefficient (Wildman–Crippen LogP) is 3.46. The molecule has 3 rings (SSSR count). The van der Waals surface area contributed by atoms with Crippen LogP contribution in [0, 0.1) is 6.92 Å². The van der Waals surface area contributed by atoms with Crippen LogP contribution >= 0.6 is 11.3 Å². The number of likely N-dealkylation sites (N-methyl/N-ethyl adjacent to an activating group) is 1. The van der Waals surface area contributed by atoms with Gasteiger partial charge in [-0.2, -0.15) is 4.31 Å². The third-order valence-electron chi connectivity index (χ3n) is 5.62. The first-order valence-electron chi connectivity index (χ1n) is 11.6. The molecule has 1 aromatic carbocycles. The minimum atomic E-state index is -3.76. The quantitative estimate of drug-likeness (QED) is 0.456. The first kappa shape index (κ1) is 27.8. The Labute approximate surface area is 214 Å². The number of sulfonamides is 1. The number of rotatable bonds is 10. The van der Waals surface area contributed by atoms with E-state index in [1.807, 2.05) is 0 Å². The Morgan fingerprint density at radius 3 is 2.33 bits per heavy atom. The third kappa shape index (κ3) is 6.12. The van der Waals surface area contributed by atoms with Crippen molar-refractivity contribution in [1.82, 2.24) is 4.31 Å². The summed E-state index contributed by atoms with van der Waals surface area (Å²) < 4.78 is 42.7. The highest BCUT2D eigenvalue weighted by Crippen LogP contribution is 2.34. The van der Waals surface area contributed by atoms with Crippen molar-refractivity contribution in [3.63, 3.8) is 0 Å². The average Bonchev–Trinajstić information content (AvgIpc) is 3.47. The third-order valence-corrected chi connectivity index (χ3v) is 8.65. The van der Waals surface area contributed by atoms with Crippen LogP contribution in [0.1, 0.15) is 62.6 Å². The standard InChI is InChI=1S/C24H30N2O8S2/c1-5-32-23(28)19-15(3)20(24(29)33-6-2)35-22(19)25-21(27)16-9-11-18(12-10-16)36(30,31)26(4)14-17-8-7-13-34-17/h9-12,17H,5-8,13-14H2,1-4H3,(H,25,27). The summed E-state index contributed by atoms with van der Waals surface area (Å²) in [5.41, 5.74) is 0.602. The Morgan fingerprint density at radius 1 is 1.11 bits per heavy atom. The Morgan fingerprint density at radius 2 is 1.75 bits per heavy atom. The fourth-order valence-corrected chi connectivity index (χ4v) is 6.03. The van der Waals surface area contributed by atoms with Gasteiger partial charge < -0.3 is 19.5 Å². The molecule has 196 valence electrons. The second-order valence-electron chi connectivity index (χ2n) is 8.10. The minimum absolute atomic E-state index is 0.0447. The number of nitrogens with one attached hydrogen (secondary N) is 1. The molecule has 1 saturated heterocycles. The van der Waals surface area contributed by atoms with E-state index in [2.05, 4.69) is 5.32 Å². The summed E-state index contributed by atoms with van der Waals surface area (Å²) in [5, 5.41) is 2.79. The molecule has 1 aliphatic rings. The van der Waals surface area contributed by atoms with Crippen LogP contribution < -0.4 is 5.32 Å². The molecule has 0 aliphatic carbocycles. The highest BCUT2D eigenvalue weighted by molar-refractivity contribution is 7.89. The van der Waals surface area contributed by atoms with Crippen LogP contribution in [-0.4, -0.2) is 70.1 Å².